The molecule has 0 spiro atoms. The van der Waals surface area contributed by atoms with Gasteiger partial charge in [-0.15, -0.1) is 0 Å². The van der Waals surface area contributed by atoms with Gasteiger partial charge in [0, 0.05) is 12.5 Å². The average molecular weight is 258 g/mol. The van der Waals surface area contributed by atoms with Crippen molar-refractivity contribution in [3.63, 3.8) is 0 Å². The third-order valence-corrected chi connectivity index (χ3v) is 4.87. The van der Waals surface area contributed by atoms with E-state index in [2.05, 4.69) is 0 Å². The molecular formula is C16H22N2O. The van der Waals surface area contributed by atoms with Crippen LogP contribution in [0.15, 0.2) is 24.3 Å². The molecule has 0 aliphatic heterocycles. The minimum Gasteiger partial charge on any atom is -0.397 e. The van der Waals surface area contributed by atoms with Crippen LogP contribution >= 0.6 is 0 Å². The number of hydrogen-bond donors (Lipinski definition) is 1. The van der Waals surface area contributed by atoms with Gasteiger partial charge in [0.15, 0.2) is 0 Å². The maximum absolute atomic E-state index is 12.8. The maximum Gasteiger partial charge on any atom is 0.230 e. The highest BCUT2D eigenvalue weighted by Gasteiger charge is 2.44. The summed E-state index contributed by atoms with van der Waals surface area (Å²) in [5.41, 5.74) is 7.58. The Morgan fingerprint density at radius 3 is 2.68 bits per heavy atom. The predicted octanol–water partition coefficient (Wildman–Crippen LogP) is 3.06. The molecule has 102 valence electrons. The van der Waals surface area contributed by atoms with Crippen molar-refractivity contribution in [3.8, 4) is 0 Å². The van der Waals surface area contributed by atoms with E-state index in [4.69, 9.17) is 5.73 Å². The van der Waals surface area contributed by atoms with E-state index in [1.165, 1.54) is 19.3 Å². The number of carbonyl (C=O) groups is 1. The van der Waals surface area contributed by atoms with Gasteiger partial charge in [0.1, 0.15) is 0 Å². The summed E-state index contributed by atoms with van der Waals surface area (Å²) < 4.78 is 0. The molecule has 2 saturated carbocycles. The van der Waals surface area contributed by atoms with E-state index in [0.717, 1.165) is 18.0 Å². The predicted molar refractivity (Wildman–Crippen MR) is 77.8 cm³/mol. The lowest BCUT2D eigenvalue weighted by Crippen LogP contribution is -2.38. The number of carbonyl (C=O) groups excluding carboxylic acids is 1. The molecule has 3 nitrogen and oxygen atoms in total. The largest absolute Gasteiger partial charge is 0.397 e. The second kappa shape index (κ2) is 4.87. The molecule has 2 aliphatic carbocycles. The van der Waals surface area contributed by atoms with Crippen LogP contribution < -0.4 is 10.6 Å². The minimum atomic E-state index is 0.235. The Hall–Kier alpha value is -1.51. The molecule has 3 rings (SSSR count). The van der Waals surface area contributed by atoms with Gasteiger partial charge in [0.2, 0.25) is 5.91 Å². The van der Waals surface area contributed by atoms with Crippen LogP contribution in [0.3, 0.4) is 0 Å². The Morgan fingerprint density at radius 2 is 2.11 bits per heavy atom. The molecule has 0 radical (unpaired) electrons. The zero-order valence-corrected chi connectivity index (χ0v) is 11.5. The third kappa shape index (κ3) is 2.11. The Labute approximate surface area is 114 Å². The van der Waals surface area contributed by atoms with E-state index in [-0.39, 0.29) is 11.8 Å². The van der Waals surface area contributed by atoms with Crippen LogP contribution in [0.1, 0.15) is 32.6 Å². The van der Waals surface area contributed by atoms with Crippen LogP contribution in [0.25, 0.3) is 0 Å². The molecule has 0 saturated heterocycles. The standard InChI is InChI=1S/C16H22N2O/c1-2-18(15-6-4-3-5-14(15)17)16(19)13-10-11-7-8-12(13)9-11/h3-6,11-13H,2,7-10,17H2,1H3. The number of para-hydroxylation sites is 2. The van der Waals surface area contributed by atoms with Gasteiger partial charge in [-0.05, 0) is 50.2 Å². The molecule has 0 heterocycles. The summed E-state index contributed by atoms with van der Waals surface area (Å²) in [6, 6.07) is 7.67. The van der Waals surface area contributed by atoms with Crippen LogP contribution in [0, 0.1) is 17.8 Å². The van der Waals surface area contributed by atoms with E-state index in [0.29, 0.717) is 18.2 Å². The molecule has 1 amide bonds. The van der Waals surface area contributed by atoms with Crippen molar-refractivity contribution in [2.45, 2.75) is 32.6 Å². The molecule has 3 unspecified atom stereocenters. The number of fused-ring (bicyclic) bond motifs is 2. The van der Waals surface area contributed by atoms with Crippen molar-refractivity contribution in [2.75, 3.05) is 17.2 Å². The molecule has 2 fully saturated rings. The van der Waals surface area contributed by atoms with Gasteiger partial charge < -0.3 is 10.6 Å². The number of nitrogens with zero attached hydrogens (tertiary/aromatic N) is 1. The first-order valence-corrected chi connectivity index (χ1v) is 7.36. The van der Waals surface area contributed by atoms with Crippen LogP contribution in [-0.2, 0) is 4.79 Å². The zero-order chi connectivity index (χ0) is 13.4. The normalized spacial score (nSPS) is 28.6. The SMILES string of the molecule is CCN(C(=O)C1CC2CCC1C2)c1ccccc1N. The molecule has 3 atom stereocenters. The molecule has 3 heteroatoms. The van der Waals surface area contributed by atoms with Crippen LogP contribution in [-0.4, -0.2) is 12.5 Å². The van der Waals surface area contributed by atoms with Gasteiger partial charge in [-0.2, -0.15) is 0 Å². The molecule has 1 aromatic rings. The molecular weight excluding hydrogens is 236 g/mol. The molecule has 2 bridgehead atoms. The third-order valence-electron chi connectivity index (χ3n) is 4.87. The van der Waals surface area contributed by atoms with Crippen LogP contribution in [0.2, 0.25) is 0 Å². The van der Waals surface area contributed by atoms with Gasteiger partial charge in [0.05, 0.1) is 11.4 Å². The molecule has 2 N–H and O–H groups in total. The van der Waals surface area contributed by atoms with Gasteiger partial charge in [-0.3, -0.25) is 4.79 Å². The summed E-state index contributed by atoms with van der Waals surface area (Å²) in [7, 11) is 0. The highest BCUT2D eigenvalue weighted by Crippen LogP contribution is 2.49. The number of nitrogen functional groups attached to an aromatic ring is 1. The van der Waals surface area contributed by atoms with Gasteiger partial charge in [-0.1, -0.05) is 18.6 Å². The van der Waals surface area contributed by atoms with Gasteiger partial charge in [0.25, 0.3) is 0 Å². The first-order chi connectivity index (χ1) is 9.20. The Balaban J connectivity index is 1.83. The van der Waals surface area contributed by atoms with Gasteiger partial charge in [-0.25, -0.2) is 0 Å². The summed E-state index contributed by atoms with van der Waals surface area (Å²) >= 11 is 0. The first-order valence-electron chi connectivity index (χ1n) is 7.36. The molecule has 19 heavy (non-hydrogen) atoms. The van der Waals surface area contributed by atoms with Crippen molar-refractivity contribution in [1.82, 2.24) is 0 Å². The monoisotopic (exact) mass is 258 g/mol. The zero-order valence-electron chi connectivity index (χ0n) is 11.5. The van der Waals surface area contributed by atoms with Crippen molar-refractivity contribution in [1.29, 1.82) is 0 Å². The second-order valence-electron chi connectivity index (χ2n) is 5.92. The van der Waals surface area contributed by atoms with E-state index in [1.54, 1.807) is 0 Å². The summed E-state index contributed by atoms with van der Waals surface area (Å²) in [5.74, 6) is 1.94. The topological polar surface area (TPSA) is 46.3 Å². The van der Waals surface area contributed by atoms with Crippen LogP contribution in [0.5, 0.6) is 0 Å². The number of rotatable bonds is 3. The van der Waals surface area contributed by atoms with Gasteiger partial charge >= 0.3 is 0 Å². The molecule has 1 aromatic carbocycles. The van der Waals surface area contributed by atoms with Crippen molar-refractivity contribution in [3.05, 3.63) is 24.3 Å². The van der Waals surface area contributed by atoms with E-state index in [1.807, 2.05) is 36.1 Å². The van der Waals surface area contributed by atoms with Crippen molar-refractivity contribution < 1.29 is 4.79 Å². The first kappa shape index (κ1) is 12.5. The van der Waals surface area contributed by atoms with Crippen molar-refractivity contribution in [2.24, 2.45) is 17.8 Å². The minimum absolute atomic E-state index is 0.235. The van der Waals surface area contributed by atoms with E-state index < -0.39 is 0 Å². The summed E-state index contributed by atoms with van der Waals surface area (Å²) in [6.45, 7) is 2.72. The van der Waals surface area contributed by atoms with E-state index >= 15 is 0 Å². The summed E-state index contributed by atoms with van der Waals surface area (Å²) in [4.78, 5) is 14.7. The summed E-state index contributed by atoms with van der Waals surface area (Å²) in [6.07, 6.45) is 4.92. The number of amides is 1. The second-order valence-corrected chi connectivity index (χ2v) is 5.92. The number of anilines is 2. The van der Waals surface area contributed by atoms with E-state index in [9.17, 15) is 4.79 Å². The Kier molecular flexibility index (Phi) is 3.21. The number of hydrogen-bond acceptors (Lipinski definition) is 2. The lowest BCUT2D eigenvalue weighted by atomic mass is 9.87. The Morgan fingerprint density at radius 1 is 1.32 bits per heavy atom. The summed E-state index contributed by atoms with van der Waals surface area (Å²) in [5, 5.41) is 0. The van der Waals surface area contributed by atoms with Crippen molar-refractivity contribution >= 4 is 17.3 Å². The number of nitrogens with two attached hydrogens (primary N) is 1. The lowest BCUT2D eigenvalue weighted by Gasteiger charge is -2.29. The van der Waals surface area contributed by atoms with Crippen LogP contribution in [0.4, 0.5) is 11.4 Å². The average Bonchev–Trinajstić information content (AvgIpc) is 3.04. The maximum atomic E-state index is 12.8. The Bertz CT molecular complexity index is 485. The lowest BCUT2D eigenvalue weighted by molar-refractivity contribution is -0.123. The molecule has 2 aliphatic rings. The number of benzene rings is 1. The highest BCUT2D eigenvalue weighted by atomic mass is 16.2. The fourth-order valence-electron chi connectivity index (χ4n) is 3.93. The highest BCUT2D eigenvalue weighted by molar-refractivity contribution is 5.98. The smallest absolute Gasteiger partial charge is 0.230 e. The molecule has 0 aromatic heterocycles. The fraction of sp³-hybridized carbons (Fsp3) is 0.562. The quantitative estimate of drug-likeness (QED) is 0.847. The fourth-order valence-corrected chi connectivity index (χ4v) is 3.93.